The smallest absolute Gasteiger partial charge is 0.169 e. The van der Waals surface area contributed by atoms with Crippen molar-refractivity contribution in [3.05, 3.63) is 59.2 Å². The Hall–Kier alpha value is -1.94. The SMILES string of the molecule is COc1cccc(CNCc2ncccc2C)c1F. The van der Waals surface area contributed by atoms with Crippen molar-refractivity contribution < 1.29 is 9.13 Å². The van der Waals surface area contributed by atoms with Crippen LogP contribution in [-0.2, 0) is 13.1 Å². The molecule has 0 aliphatic heterocycles. The molecule has 0 bridgehead atoms. The van der Waals surface area contributed by atoms with E-state index in [4.69, 9.17) is 4.74 Å². The number of benzene rings is 1. The first-order chi connectivity index (χ1) is 9.22. The van der Waals surface area contributed by atoms with E-state index in [0.717, 1.165) is 11.3 Å². The molecule has 100 valence electrons. The second-order valence-corrected chi connectivity index (χ2v) is 4.30. The van der Waals surface area contributed by atoms with Gasteiger partial charge in [0.25, 0.3) is 0 Å². The normalized spacial score (nSPS) is 10.5. The molecule has 0 atom stereocenters. The molecule has 0 radical (unpaired) electrons. The van der Waals surface area contributed by atoms with Crippen molar-refractivity contribution in [3.63, 3.8) is 0 Å². The van der Waals surface area contributed by atoms with Crippen LogP contribution in [-0.4, -0.2) is 12.1 Å². The lowest BCUT2D eigenvalue weighted by Gasteiger charge is -2.09. The molecule has 2 rings (SSSR count). The minimum Gasteiger partial charge on any atom is -0.494 e. The molecule has 0 aliphatic rings. The van der Waals surface area contributed by atoms with Gasteiger partial charge in [0.15, 0.2) is 11.6 Å². The number of aryl methyl sites for hydroxylation is 1. The summed E-state index contributed by atoms with van der Waals surface area (Å²) in [5, 5.41) is 3.19. The molecule has 4 heteroatoms. The molecule has 0 spiro atoms. The Morgan fingerprint density at radius 2 is 2.05 bits per heavy atom. The Morgan fingerprint density at radius 1 is 1.21 bits per heavy atom. The van der Waals surface area contributed by atoms with E-state index in [-0.39, 0.29) is 11.6 Å². The van der Waals surface area contributed by atoms with E-state index in [1.54, 1.807) is 24.4 Å². The van der Waals surface area contributed by atoms with Crippen LogP contribution < -0.4 is 10.1 Å². The number of aromatic nitrogens is 1. The van der Waals surface area contributed by atoms with Gasteiger partial charge in [-0.15, -0.1) is 0 Å². The lowest BCUT2D eigenvalue weighted by Crippen LogP contribution is -2.15. The van der Waals surface area contributed by atoms with Gasteiger partial charge in [-0.1, -0.05) is 18.2 Å². The first kappa shape index (κ1) is 13.5. The molecule has 0 amide bonds. The molecule has 0 aliphatic carbocycles. The van der Waals surface area contributed by atoms with E-state index >= 15 is 0 Å². The summed E-state index contributed by atoms with van der Waals surface area (Å²) in [6.45, 7) is 3.07. The van der Waals surface area contributed by atoms with E-state index in [0.29, 0.717) is 18.7 Å². The molecular weight excluding hydrogens is 243 g/mol. The predicted molar refractivity (Wildman–Crippen MR) is 72.5 cm³/mol. The van der Waals surface area contributed by atoms with Gasteiger partial charge in [0.1, 0.15) is 0 Å². The van der Waals surface area contributed by atoms with Gasteiger partial charge >= 0.3 is 0 Å². The third-order valence-corrected chi connectivity index (χ3v) is 2.99. The van der Waals surface area contributed by atoms with Crippen molar-refractivity contribution in [2.45, 2.75) is 20.0 Å². The number of rotatable bonds is 5. The zero-order chi connectivity index (χ0) is 13.7. The zero-order valence-electron chi connectivity index (χ0n) is 11.1. The topological polar surface area (TPSA) is 34.1 Å². The number of methoxy groups -OCH3 is 1. The number of pyridine rings is 1. The second kappa shape index (κ2) is 6.29. The molecule has 3 nitrogen and oxygen atoms in total. The first-order valence-corrected chi connectivity index (χ1v) is 6.15. The van der Waals surface area contributed by atoms with Crippen LogP contribution in [0.25, 0.3) is 0 Å². The van der Waals surface area contributed by atoms with Crippen LogP contribution >= 0.6 is 0 Å². The average Bonchev–Trinajstić information content (AvgIpc) is 2.43. The highest BCUT2D eigenvalue weighted by molar-refractivity contribution is 5.31. The van der Waals surface area contributed by atoms with Gasteiger partial charge in [0.2, 0.25) is 0 Å². The van der Waals surface area contributed by atoms with Crippen molar-refractivity contribution in [1.29, 1.82) is 0 Å². The quantitative estimate of drug-likeness (QED) is 0.897. The lowest BCUT2D eigenvalue weighted by molar-refractivity contribution is 0.383. The highest BCUT2D eigenvalue weighted by atomic mass is 19.1. The van der Waals surface area contributed by atoms with Crippen LogP contribution in [0.1, 0.15) is 16.8 Å². The Morgan fingerprint density at radius 3 is 2.79 bits per heavy atom. The number of halogens is 1. The second-order valence-electron chi connectivity index (χ2n) is 4.30. The molecule has 2 aromatic rings. The minimum atomic E-state index is -0.310. The highest BCUT2D eigenvalue weighted by Crippen LogP contribution is 2.19. The fourth-order valence-corrected chi connectivity index (χ4v) is 1.87. The third-order valence-electron chi connectivity index (χ3n) is 2.99. The molecule has 0 fully saturated rings. The van der Waals surface area contributed by atoms with Gasteiger partial charge in [-0.2, -0.15) is 0 Å². The minimum absolute atomic E-state index is 0.272. The van der Waals surface area contributed by atoms with Gasteiger partial charge in [-0.25, -0.2) is 4.39 Å². The molecule has 19 heavy (non-hydrogen) atoms. The first-order valence-electron chi connectivity index (χ1n) is 6.15. The highest BCUT2D eigenvalue weighted by Gasteiger charge is 2.07. The number of ether oxygens (including phenoxy) is 1. The Labute approximate surface area is 112 Å². The molecular formula is C15H17FN2O. The van der Waals surface area contributed by atoms with E-state index in [9.17, 15) is 4.39 Å². The van der Waals surface area contributed by atoms with Crippen molar-refractivity contribution in [2.24, 2.45) is 0 Å². The molecule has 0 saturated carbocycles. The van der Waals surface area contributed by atoms with Gasteiger partial charge in [0, 0.05) is 24.8 Å². The average molecular weight is 260 g/mol. The largest absolute Gasteiger partial charge is 0.494 e. The molecule has 1 aromatic carbocycles. The molecule has 0 saturated heterocycles. The Bertz CT molecular complexity index is 558. The summed E-state index contributed by atoms with van der Waals surface area (Å²) >= 11 is 0. The van der Waals surface area contributed by atoms with Crippen LogP contribution in [0, 0.1) is 12.7 Å². The monoisotopic (exact) mass is 260 g/mol. The summed E-state index contributed by atoms with van der Waals surface area (Å²) in [4.78, 5) is 4.28. The fraction of sp³-hybridized carbons (Fsp3) is 0.267. The maximum absolute atomic E-state index is 13.9. The summed E-state index contributed by atoms with van der Waals surface area (Å²) in [7, 11) is 1.47. The van der Waals surface area contributed by atoms with Crippen molar-refractivity contribution >= 4 is 0 Å². The summed E-state index contributed by atoms with van der Waals surface area (Å²) in [6, 6.07) is 9.06. The number of hydrogen-bond acceptors (Lipinski definition) is 3. The van der Waals surface area contributed by atoms with Crippen molar-refractivity contribution in [3.8, 4) is 5.75 Å². The molecule has 1 N–H and O–H groups in total. The lowest BCUT2D eigenvalue weighted by atomic mass is 10.2. The summed E-state index contributed by atoms with van der Waals surface area (Å²) in [5.41, 5.74) is 2.69. The fourth-order valence-electron chi connectivity index (χ4n) is 1.87. The summed E-state index contributed by atoms with van der Waals surface area (Å²) in [5.74, 6) is -0.0384. The molecule has 0 unspecified atom stereocenters. The van der Waals surface area contributed by atoms with Gasteiger partial charge in [-0.3, -0.25) is 4.98 Å². The Kier molecular flexibility index (Phi) is 4.47. The van der Waals surface area contributed by atoms with Crippen LogP contribution in [0.2, 0.25) is 0 Å². The van der Waals surface area contributed by atoms with E-state index < -0.39 is 0 Å². The van der Waals surface area contributed by atoms with E-state index in [1.807, 2.05) is 19.1 Å². The van der Waals surface area contributed by atoms with Crippen molar-refractivity contribution in [1.82, 2.24) is 10.3 Å². The summed E-state index contributed by atoms with van der Waals surface area (Å²) in [6.07, 6.45) is 1.76. The number of hydrogen-bond donors (Lipinski definition) is 1. The molecule has 1 heterocycles. The maximum atomic E-state index is 13.9. The van der Waals surface area contributed by atoms with Crippen LogP contribution in [0.4, 0.5) is 4.39 Å². The standard InChI is InChI=1S/C15H17FN2O/c1-11-5-4-8-18-13(11)10-17-9-12-6-3-7-14(19-2)15(12)16/h3-8,17H,9-10H2,1-2H3. The number of nitrogens with zero attached hydrogens (tertiary/aromatic N) is 1. The van der Waals surface area contributed by atoms with Crippen LogP contribution in [0.15, 0.2) is 36.5 Å². The van der Waals surface area contributed by atoms with Gasteiger partial charge in [-0.05, 0) is 24.6 Å². The van der Waals surface area contributed by atoms with Crippen LogP contribution in [0.3, 0.4) is 0 Å². The van der Waals surface area contributed by atoms with Crippen molar-refractivity contribution in [2.75, 3.05) is 7.11 Å². The van der Waals surface area contributed by atoms with Gasteiger partial charge in [0.05, 0.1) is 12.8 Å². The predicted octanol–water partition coefficient (Wildman–Crippen LogP) is 2.83. The van der Waals surface area contributed by atoms with E-state index in [1.165, 1.54) is 7.11 Å². The third kappa shape index (κ3) is 3.29. The van der Waals surface area contributed by atoms with Gasteiger partial charge < -0.3 is 10.1 Å². The number of nitrogens with one attached hydrogen (secondary N) is 1. The zero-order valence-corrected chi connectivity index (χ0v) is 11.1. The van der Waals surface area contributed by atoms with E-state index in [2.05, 4.69) is 10.3 Å². The van der Waals surface area contributed by atoms with Crippen LogP contribution in [0.5, 0.6) is 5.75 Å². The maximum Gasteiger partial charge on any atom is 0.169 e. The summed E-state index contributed by atoms with van der Waals surface area (Å²) < 4.78 is 18.9. The Balaban J connectivity index is 1.98. The molecule has 1 aromatic heterocycles.